The summed E-state index contributed by atoms with van der Waals surface area (Å²) in [6, 6.07) is 10.9. The van der Waals surface area contributed by atoms with E-state index in [0.717, 1.165) is 38.9 Å². The fraction of sp³-hybridized carbons (Fsp3) is 0.450. The van der Waals surface area contributed by atoms with Gasteiger partial charge in [0.2, 0.25) is 5.91 Å². The molecule has 126 valence electrons. The second-order valence-corrected chi connectivity index (χ2v) is 7.23. The van der Waals surface area contributed by atoms with Crippen molar-refractivity contribution in [2.24, 2.45) is 0 Å². The van der Waals surface area contributed by atoms with Gasteiger partial charge in [-0.15, -0.1) is 0 Å². The Bertz CT molecular complexity index is 715. The number of carbonyl (C=O) groups excluding carboxylic acids is 1. The van der Waals surface area contributed by atoms with Crippen molar-refractivity contribution in [2.75, 3.05) is 13.1 Å². The highest BCUT2D eigenvalue weighted by Crippen LogP contribution is 2.50. The van der Waals surface area contributed by atoms with Crippen molar-refractivity contribution in [1.29, 1.82) is 0 Å². The third-order valence-electron chi connectivity index (χ3n) is 5.68. The van der Waals surface area contributed by atoms with Crippen molar-refractivity contribution in [3.8, 4) is 0 Å². The summed E-state index contributed by atoms with van der Waals surface area (Å²) in [5.41, 5.74) is 4.23. The molecule has 24 heavy (non-hydrogen) atoms. The highest BCUT2D eigenvalue weighted by Gasteiger charge is 2.45. The van der Waals surface area contributed by atoms with Gasteiger partial charge in [0.25, 0.3) is 0 Å². The van der Waals surface area contributed by atoms with Gasteiger partial charge in [-0.25, -0.2) is 0 Å². The van der Waals surface area contributed by atoms with Crippen LogP contribution in [0.15, 0.2) is 47.3 Å². The standard InChI is InChI=1S/C20H24N2O2/c1-15(23)21-19-12-20(18-5-3-2-4-17(18)19)7-9-22(10-8-20)13-16-6-11-24-14-16/h2-6,11,14,19H,7-10,12-13H2,1H3,(H,21,23)/t19-/m0/s1. The molecule has 1 aliphatic heterocycles. The van der Waals surface area contributed by atoms with Gasteiger partial charge >= 0.3 is 0 Å². The molecule has 4 nitrogen and oxygen atoms in total. The number of hydrogen-bond acceptors (Lipinski definition) is 3. The molecule has 1 aromatic heterocycles. The van der Waals surface area contributed by atoms with Crippen LogP contribution in [-0.4, -0.2) is 23.9 Å². The van der Waals surface area contributed by atoms with Gasteiger partial charge in [0.05, 0.1) is 18.6 Å². The third-order valence-corrected chi connectivity index (χ3v) is 5.68. The summed E-state index contributed by atoms with van der Waals surface area (Å²) in [5.74, 6) is 0.0595. The molecule has 4 rings (SSSR count). The summed E-state index contributed by atoms with van der Waals surface area (Å²) in [4.78, 5) is 14.1. The van der Waals surface area contributed by atoms with Crippen LogP contribution in [0.2, 0.25) is 0 Å². The lowest BCUT2D eigenvalue weighted by molar-refractivity contribution is -0.119. The zero-order valence-corrected chi connectivity index (χ0v) is 14.1. The van der Waals surface area contributed by atoms with Crippen LogP contribution >= 0.6 is 0 Å². The van der Waals surface area contributed by atoms with Gasteiger partial charge in [-0.3, -0.25) is 9.69 Å². The maximum Gasteiger partial charge on any atom is 0.217 e. The predicted octanol–water partition coefficient (Wildman–Crippen LogP) is 3.39. The normalized spacial score (nSPS) is 22.5. The van der Waals surface area contributed by atoms with Gasteiger partial charge in [-0.05, 0) is 49.5 Å². The Morgan fingerprint density at radius 1 is 1.29 bits per heavy atom. The Labute approximate surface area is 142 Å². The van der Waals surface area contributed by atoms with Gasteiger partial charge in [0, 0.05) is 24.4 Å². The average molecular weight is 324 g/mol. The lowest BCUT2D eigenvalue weighted by atomic mass is 9.73. The minimum atomic E-state index is 0.0595. The quantitative estimate of drug-likeness (QED) is 0.941. The first-order chi connectivity index (χ1) is 11.7. The minimum Gasteiger partial charge on any atom is -0.472 e. The van der Waals surface area contributed by atoms with Crippen LogP contribution in [0, 0.1) is 0 Å². The molecule has 1 spiro atoms. The Kier molecular flexibility index (Phi) is 3.93. The van der Waals surface area contributed by atoms with Gasteiger partial charge in [-0.2, -0.15) is 0 Å². The molecule has 1 aliphatic carbocycles. The van der Waals surface area contributed by atoms with Crippen LogP contribution in [0.1, 0.15) is 48.9 Å². The van der Waals surface area contributed by atoms with Crippen molar-refractivity contribution in [3.05, 3.63) is 59.5 Å². The fourth-order valence-corrected chi connectivity index (χ4v) is 4.52. The van der Waals surface area contributed by atoms with E-state index in [1.54, 1.807) is 13.2 Å². The number of piperidine rings is 1. The zero-order valence-electron chi connectivity index (χ0n) is 14.1. The fourth-order valence-electron chi connectivity index (χ4n) is 4.52. The van der Waals surface area contributed by atoms with E-state index in [4.69, 9.17) is 4.42 Å². The van der Waals surface area contributed by atoms with E-state index in [0.29, 0.717) is 0 Å². The molecule has 0 radical (unpaired) electrons. The van der Waals surface area contributed by atoms with Crippen molar-refractivity contribution >= 4 is 5.91 Å². The van der Waals surface area contributed by atoms with Gasteiger partial charge < -0.3 is 9.73 Å². The molecule has 1 saturated heterocycles. The van der Waals surface area contributed by atoms with Crippen LogP contribution in [0.3, 0.4) is 0 Å². The topological polar surface area (TPSA) is 45.5 Å². The maximum absolute atomic E-state index is 11.6. The van der Waals surface area contributed by atoms with E-state index in [-0.39, 0.29) is 17.4 Å². The monoisotopic (exact) mass is 324 g/mol. The molecule has 1 aromatic carbocycles. The first-order valence-electron chi connectivity index (χ1n) is 8.76. The molecule has 2 aromatic rings. The van der Waals surface area contributed by atoms with Crippen LogP contribution < -0.4 is 5.32 Å². The first-order valence-corrected chi connectivity index (χ1v) is 8.76. The molecule has 2 heterocycles. The van der Waals surface area contributed by atoms with Crippen LogP contribution in [0.5, 0.6) is 0 Å². The van der Waals surface area contributed by atoms with E-state index in [9.17, 15) is 4.79 Å². The Morgan fingerprint density at radius 3 is 2.79 bits per heavy atom. The lowest BCUT2D eigenvalue weighted by Crippen LogP contribution is -2.41. The molecule has 2 aliphatic rings. The van der Waals surface area contributed by atoms with Gasteiger partial charge in [0.1, 0.15) is 0 Å². The molecule has 0 unspecified atom stereocenters. The molecular weight excluding hydrogens is 300 g/mol. The van der Waals surface area contributed by atoms with Crippen LogP contribution in [0.4, 0.5) is 0 Å². The predicted molar refractivity (Wildman–Crippen MR) is 92.5 cm³/mol. The summed E-state index contributed by atoms with van der Waals surface area (Å²) in [6.45, 7) is 4.75. The second kappa shape index (κ2) is 6.10. The summed E-state index contributed by atoms with van der Waals surface area (Å²) in [6.07, 6.45) is 6.91. The largest absolute Gasteiger partial charge is 0.472 e. The summed E-state index contributed by atoms with van der Waals surface area (Å²) < 4.78 is 5.18. The number of fused-ring (bicyclic) bond motifs is 2. The number of rotatable bonds is 3. The lowest BCUT2D eigenvalue weighted by Gasteiger charge is -2.40. The average Bonchev–Trinajstić information content (AvgIpc) is 3.18. The highest BCUT2D eigenvalue weighted by molar-refractivity contribution is 5.73. The second-order valence-electron chi connectivity index (χ2n) is 7.23. The number of likely N-dealkylation sites (tertiary alicyclic amines) is 1. The zero-order chi connectivity index (χ0) is 16.6. The number of benzene rings is 1. The smallest absolute Gasteiger partial charge is 0.217 e. The molecular formula is C20H24N2O2. The molecule has 0 bridgehead atoms. The highest BCUT2D eigenvalue weighted by atomic mass is 16.3. The Morgan fingerprint density at radius 2 is 2.08 bits per heavy atom. The van der Waals surface area contributed by atoms with Crippen molar-refractivity contribution in [2.45, 2.75) is 44.2 Å². The molecule has 1 N–H and O–H groups in total. The van der Waals surface area contributed by atoms with E-state index >= 15 is 0 Å². The number of nitrogens with one attached hydrogen (secondary N) is 1. The molecule has 1 atom stereocenters. The number of carbonyl (C=O) groups is 1. The van der Waals surface area contributed by atoms with Crippen molar-refractivity contribution < 1.29 is 9.21 Å². The van der Waals surface area contributed by atoms with Gasteiger partial charge in [-0.1, -0.05) is 24.3 Å². The molecule has 4 heteroatoms. The van der Waals surface area contributed by atoms with E-state index < -0.39 is 0 Å². The molecule has 1 fully saturated rings. The van der Waals surface area contributed by atoms with E-state index in [1.165, 1.54) is 16.7 Å². The maximum atomic E-state index is 11.6. The minimum absolute atomic E-state index is 0.0595. The van der Waals surface area contributed by atoms with E-state index in [2.05, 4.69) is 34.5 Å². The molecule has 1 amide bonds. The van der Waals surface area contributed by atoms with Crippen molar-refractivity contribution in [1.82, 2.24) is 10.2 Å². The van der Waals surface area contributed by atoms with E-state index in [1.807, 2.05) is 12.3 Å². The number of hydrogen-bond donors (Lipinski definition) is 1. The Balaban J connectivity index is 1.51. The van der Waals surface area contributed by atoms with Crippen LogP contribution in [-0.2, 0) is 16.8 Å². The first kappa shape index (κ1) is 15.5. The van der Waals surface area contributed by atoms with Crippen molar-refractivity contribution in [3.63, 3.8) is 0 Å². The molecule has 0 saturated carbocycles. The Hall–Kier alpha value is -2.07. The third kappa shape index (κ3) is 2.75. The number of furan rings is 1. The summed E-state index contributed by atoms with van der Waals surface area (Å²) in [7, 11) is 0. The summed E-state index contributed by atoms with van der Waals surface area (Å²) in [5, 5.41) is 3.15. The number of amides is 1. The van der Waals surface area contributed by atoms with Gasteiger partial charge in [0.15, 0.2) is 0 Å². The van der Waals surface area contributed by atoms with Crippen LogP contribution in [0.25, 0.3) is 0 Å². The summed E-state index contributed by atoms with van der Waals surface area (Å²) >= 11 is 0. The number of nitrogens with zero attached hydrogens (tertiary/aromatic N) is 1. The SMILES string of the molecule is CC(=O)N[C@H]1CC2(CCN(Cc3ccoc3)CC2)c2ccccc21.